The summed E-state index contributed by atoms with van der Waals surface area (Å²) in [5, 5.41) is 0.758. The molecule has 1 aromatic carbocycles. The minimum absolute atomic E-state index is 0.388. The molecule has 0 N–H and O–H groups in total. The van der Waals surface area contributed by atoms with Crippen LogP contribution in [0.4, 0.5) is 13.2 Å². The number of fused-ring (bicyclic) bond motifs is 1. The van der Waals surface area contributed by atoms with Crippen molar-refractivity contribution in [3.63, 3.8) is 0 Å². The number of halogens is 4. The summed E-state index contributed by atoms with van der Waals surface area (Å²) in [6, 6.07) is 6.37. The van der Waals surface area contributed by atoms with Crippen LogP contribution in [0.3, 0.4) is 0 Å². The summed E-state index contributed by atoms with van der Waals surface area (Å²) >= 11 is 2.05. The molecule has 1 nitrogen and oxygen atoms in total. The zero-order valence-corrected chi connectivity index (χ0v) is 10.4. The highest BCUT2D eigenvalue weighted by Gasteiger charge is 2.32. The lowest BCUT2D eigenvalue weighted by atomic mass is 10.1. The summed E-state index contributed by atoms with van der Waals surface area (Å²) in [5.41, 5.74) is 0.146. The molecule has 0 aliphatic heterocycles. The number of hydrogen-bond donors (Lipinski definition) is 0. The van der Waals surface area contributed by atoms with E-state index in [-0.39, 0.29) is 0 Å². The predicted octanol–water partition coefficient (Wildman–Crippen LogP) is 4.17. The van der Waals surface area contributed by atoms with E-state index in [9.17, 15) is 13.2 Å². The van der Waals surface area contributed by atoms with E-state index in [1.807, 2.05) is 6.07 Å². The first-order chi connectivity index (χ1) is 7.38. The summed E-state index contributed by atoms with van der Waals surface area (Å²) in [4.78, 5) is 3.64. The van der Waals surface area contributed by atoms with Crippen molar-refractivity contribution in [2.24, 2.45) is 0 Å². The monoisotopic (exact) mass is 337 g/mol. The molecule has 0 spiro atoms. The van der Waals surface area contributed by atoms with Crippen molar-refractivity contribution in [1.82, 2.24) is 4.98 Å². The molecule has 1 heterocycles. The maximum Gasteiger partial charge on any atom is 0.433 e. The number of alkyl halides is 3. The van der Waals surface area contributed by atoms with Crippen LogP contribution in [-0.4, -0.2) is 4.98 Å². The van der Waals surface area contributed by atoms with Crippen LogP contribution in [-0.2, 0) is 6.18 Å². The Kier molecular flexibility index (Phi) is 2.81. The van der Waals surface area contributed by atoms with Crippen molar-refractivity contribution < 1.29 is 13.2 Å². The average Bonchev–Trinajstić information content (AvgIpc) is 2.15. The van der Waals surface area contributed by atoms with E-state index in [0.717, 1.165) is 15.0 Å². The quantitative estimate of drug-likeness (QED) is 0.658. The van der Waals surface area contributed by atoms with E-state index in [1.165, 1.54) is 0 Å². The molecule has 0 fully saturated rings. The highest BCUT2D eigenvalue weighted by Crippen LogP contribution is 2.30. The first-order valence-corrected chi connectivity index (χ1v) is 5.60. The molecule has 0 saturated carbocycles. The molecule has 0 saturated heterocycles. The van der Waals surface area contributed by atoms with Crippen molar-refractivity contribution in [3.05, 3.63) is 39.1 Å². The number of pyridine rings is 1. The fraction of sp³-hybridized carbons (Fsp3) is 0.182. The minimum Gasteiger partial charge on any atom is -0.243 e. The highest BCUT2D eigenvalue weighted by atomic mass is 127. The van der Waals surface area contributed by atoms with Crippen LogP contribution in [0.5, 0.6) is 0 Å². The first-order valence-electron chi connectivity index (χ1n) is 4.52. The summed E-state index contributed by atoms with van der Waals surface area (Å²) in [7, 11) is 0. The third-order valence-corrected chi connectivity index (χ3v) is 2.94. The van der Waals surface area contributed by atoms with Gasteiger partial charge in [0.05, 0.1) is 5.52 Å². The van der Waals surface area contributed by atoms with Gasteiger partial charge in [0.25, 0.3) is 0 Å². The summed E-state index contributed by atoms with van der Waals surface area (Å²) < 4.78 is 38.5. The van der Waals surface area contributed by atoms with Crippen molar-refractivity contribution in [2.45, 2.75) is 13.1 Å². The third-order valence-electron chi connectivity index (χ3n) is 2.27. The molecule has 84 valence electrons. The van der Waals surface area contributed by atoms with Gasteiger partial charge in [-0.1, -0.05) is 6.07 Å². The smallest absolute Gasteiger partial charge is 0.243 e. The number of rotatable bonds is 0. The summed E-state index contributed by atoms with van der Waals surface area (Å²) in [6.45, 7) is 1.66. The predicted molar refractivity (Wildman–Crippen MR) is 64.2 cm³/mol. The average molecular weight is 337 g/mol. The van der Waals surface area contributed by atoms with E-state index in [4.69, 9.17) is 0 Å². The van der Waals surface area contributed by atoms with Crippen molar-refractivity contribution in [2.75, 3.05) is 0 Å². The van der Waals surface area contributed by atoms with E-state index < -0.39 is 11.9 Å². The number of aromatic nitrogens is 1. The largest absolute Gasteiger partial charge is 0.433 e. The maximum absolute atomic E-state index is 12.5. The molecule has 5 heteroatoms. The number of hydrogen-bond acceptors (Lipinski definition) is 1. The fourth-order valence-electron chi connectivity index (χ4n) is 1.52. The Hall–Kier alpha value is -0.850. The first kappa shape index (κ1) is 11.6. The number of benzene rings is 1. The maximum atomic E-state index is 12.5. The van der Waals surface area contributed by atoms with Crippen LogP contribution >= 0.6 is 22.6 Å². The molecule has 2 aromatic rings. The molecule has 2 rings (SSSR count). The Labute approximate surface area is 104 Å². The van der Waals surface area contributed by atoms with E-state index in [1.54, 1.807) is 19.1 Å². The van der Waals surface area contributed by atoms with Crippen molar-refractivity contribution >= 4 is 33.5 Å². The van der Waals surface area contributed by atoms with Gasteiger partial charge in [0.2, 0.25) is 0 Å². The third kappa shape index (κ3) is 2.14. The van der Waals surface area contributed by atoms with Gasteiger partial charge >= 0.3 is 6.18 Å². The Bertz CT molecular complexity index is 549. The molecule has 0 atom stereocenters. The van der Waals surface area contributed by atoms with Gasteiger partial charge in [-0.15, -0.1) is 0 Å². The van der Waals surface area contributed by atoms with Crippen LogP contribution in [0.2, 0.25) is 0 Å². The van der Waals surface area contributed by atoms with E-state index in [0.29, 0.717) is 11.1 Å². The fourth-order valence-corrected chi connectivity index (χ4v) is 2.00. The van der Waals surface area contributed by atoms with Gasteiger partial charge in [0, 0.05) is 8.96 Å². The van der Waals surface area contributed by atoms with Gasteiger partial charge in [-0.25, -0.2) is 4.98 Å². The zero-order valence-electron chi connectivity index (χ0n) is 8.27. The van der Waals surface area contributed by atoms with Gasteiger partial charge in [-0.2, -0.15) is 13.2 Å². The molecule has 0 unspecified atom stereocenters. The van der Waals surface area contributed by atoms with Crippen LogP contribution in [0.25, 0.3) is 10.9 Å². The summed E-state index contributed by atoms with van der Waals surface area (Å²) in [5.74, 6) is 0. The topological polar surface area (TPSA) is 12.9 Å². The number of aryl methyl sites for hydroxylation is 1. The normalized spacial score (nSPS) is 12.1. The lowest BCUT2D eigenvalue weighted by molar-refractivity contribution is -0.141. The molecule has 0 amide bonds. The van der Waals surface area contributed by atoms with Crippen molar-refractivity contribution in [1.29, 1.82) is 0 Å². The van der Waals surface area contributed by atoms with Gasteiger partial charge in [-0.3, -0.25) is 0 Å². The van der Waals surface area contributed by atoms with Crippen LogP contribution < -0.4 is 0 Å². The molecular weight excluding hydrogens is 330 g/mol. The van der Waals surface area contributed by atoms with Crippen molar-refractivity contribution in [3.8, 4) is 0 Å². The SMILES string of the molecule is Cc1cc(C(F)(F)F)nc2cc(I)ccc12. The van der Waals surface area contributed by atoms with E-state index in [2.05, 4.69) is 27.6 Å². The second-order valence-electron chi connectivity index (χ2n) is 3.48. The summed E-state index contributed by atoms with van der Waals surface area (Å²) in [6.07, 6.45) is -4.39. The molecule has 1 aromatic heterocycles. The molecule has 0 radical (unpaired) electrons. The van der Waals surface area contributed by atoms with Crippen LogP contribution in [0, 0.1) is 10.5 Å². The minimum atomic E-state index is -4.39. The lowest BCUT2D eigenvalue weighted by Gasteiger charge is -2.09. The van der Waals surface area contributed by atoms with E-state index >= 15 is 0 Å². The highest BCUT2D eigenvalue weighted by molar-refractivity contribution is 14.1. The van der Waals surface area contributed by atoms with Gasteiger partial charge in [-0.05, 0) is 53.3 Å². The Morgan fingerprint density at radius 3 is 2.50 bits per heavy atom. The Morgan fingerprint density at radius 1 is 1.19 bits per heavy atom. The zero-order chi connectivity index (χ0) is 11.9. The Balaban J connectivity index is 2.75. The lowest BCUT2D eigenvalue weighted by Crippen LogP contribution is -2.08. The second kappa shape index (κ2) is 3.87. The molecular formula is C11H7F3IN. The molecule has 0 aliphatic carbocycles. The Morgan fingerprint density at radius 2 is 1.88 bits per heavy atom. The van der Waals surface area contributed by atoms with Gasteiger partial charge < -0.3 is 0 Å². The second-order valence-corrected chi connectivity index (χ2v) is 4.73. The molecule has 0 bridgehead atoms. The van der Waals surface area contributed by atoms with Crippen LogP contribution in [0.1, 0.15) is 11.3 Å². The van der Waals surface area contributed by atoms with Crippen LogP contribution in [0.15, 0.2) is 24.3 Å². The molecule has 0 aliphatic rings. The molecule has 16 heavy (non-hydrogen) atoms. The van der Waals surface area contributed by atoms with Gasteiger partial charge in [0.1, 0.15) is 5.69 Å². The van der Waals surface area contributed by atoms with Gasteiger partial charge in [0.15, 0.2) is 0 Å². The standard InChI is InChI=1S/C11H7F3IN/c1-6-4-10(11(12,13)14)16-9-5-7(15)2-3-8(6)9/h2-5H,1H3. The number of nitrogens with zero attached hydrogens (tertiary/aromatic N) is 1.